The molecule has 0 radical (unpaired) electrons. The van der Waals surface area contributed by atoms with Crippen molar-refractivity contribution in [3.63, 3.8) is 0 Å². The molecule has 1 amide bonds. The van der Waals surface area contributed by atoms with Crippen LogP contribution in [-0.4, -0.2) is 64.4 Å². The van der Waals surface area contributed by atoms with Gasteiger partial charge in [-0.2, -0.15) is 5.10 Å². The van der Waals surface area contributed by atoms with Gasteiger partial charge in [-0.05, 0) is 56.6 Å². The molecule has 1 aromatic heterocycles. The Balaban J connectivity index is 1.58. The fourth-order valence-corrected chi connectivity index (χ4v) is 4.23. The first-order valence-corrected chi connectivity index (χ1v) is 10.5. The third kappa shape index (κ3) is 4.24. The lowest BCUT2D eigenvalue weighted by Crippen LogP contribution is -2.42. The van der Waals surface area contributed by atoms with Crippen LogP contribution in [0, 0.1) is 6.92 Å². The molecule has 0 saturated carbocycles. The van der Waals surface area contributed by atoms with Crippen molar-refractivity contribution < 1.29 is 14.3 Å². The van der Waals surface area contributed by atoms with Crippen LogP contribution in [0.3, 0.4) is 0 Å². The second-order valence-electron chi connectivity index (χ2n) is 7.88. The highest BCUT2D eigenvalue weighted by Crippen LogP contribution is 2.31. The maximum absolute atomic E-state index is 13.4. The van der Waals surface area contributed by atoms with Gasteiger partial charge >= 0.3 is 0 Å². The van der Waals surface area contributed by atoms with Gasteiger partial charge in [-0.3, -0.25) is 14.4 Å². The molecule has 0 bridgehead atoms. The van der Waals surface area contributed by atoms with Gasteiger partial charge in [0.1, 0.15) is 13.2 Å². The molecule has 1 saturated heterocycles. The van der Waals surface area contributed by atoms with Crippen LogP contribution in [0.5, 0.6) is 11.5 Å². The number of hydrogen-bond donors (Lipinski definition) is 0. The molecule has 0 N–H and O–H groups in total. The maximum atomic E-state index is 13.4. The molecule has 7 heteroatoms. The summed E-state index contributed by atoms with van der Waals surface area (Å²) in [7, 11) is 1.87. The SMILES string of the molecule is CCN1CCCC1CN(Cc1ccc2c(c1)OCCO2)C(=O)c1cc(C)n(C)n1. The first-order valence-electron chi connectivity index (χ1n) is 10.5. The van der Waals surface area contributed by atoms with E-state index in [1.165, 1.54) is 6.42 Å². The summed E-state index contributed by atoms with van der Waals surface area (Å²) in [6.07, 6.45) is 2.31. The quantitative estimate of drug-likeness (QED) is 0.749. The minimum Gasteiger partial charge on any atom is -0.486 e. The molecule has 7 nitrogen and oxygen atoms in total. The molecule has 1 fully saturated rings. The number of carbonyl (C=O) groups excluding carboxylic acids is 1. The van der Waals surface area contributed by atoms with Gasteiger partial charge in [-0.25, -0.2) is 0 Å². The zero-order chi connectivity index (χ0) is 20.4. The average molecular weight is 399 g/mol. The first-order chi connectivity index (χ1) is 14.0. The first kappa shape index (κ1) is 19.8. The van der Waals surface area contributed by atoms with E-state index in [0.717, 1.165) is 42.3 Å². The fourth-order valence-electron chi connectivity index (χ4n) is 4.23. The molecular weight excluding hydrogens is 368 g/mol. The molecule has 0 aliphatic carbocycles. The molecule has 2 aromatic rings. The van der Waals surface area contributed by atoms with Gasteiger partial charge in [0.05, 0.1) is 0 Å². The number of carbonyl (C=O) groups is 1. The second kappa shape index (κ2) is 8.45. The van der Waals surface area contributed by atoms with Crippen LogP contribution in [0.25, 0.3) is 0 Å². The fraction of sp³-hybridized carbons (Fsp3) is 0.545. The van der Waals surface area contributed by atoms with Crippen LogP contribution in [0.2, 0.25) is 0 Å². The van der Waals surface area contributed by atoms with Crippen LogP contribution in [0.4, 0.5) is 0 Å². The smallest absolute Gasteiger partial charge is 0.274 e. The lowest BCUT2D eigenvalue weighted by Gasteiger charge is -2.30. The van der Waals surface area contributed by atoms with Crippen LogP contribution in [-0.2, 0) is 13.6 Å². The van der Waals surface area contributed by atoms with Crippen molar-refractivity contribution in [3.8, 4) is 11.5 Å². The zero-order valence-corrected chi connectivity index (χ0v) is 17.6. The Morgan fingerprint density at radius 1 is 1.24 bits per heavy atom. The lowest BCUT2D eigenvalue weighted by atomic mass is 10.1. The van der Waals surface area contributed by atoms with E-state index in [1.807, 2.05) is 43.1 Å². The van der Waals surface area contributed by atoms with E-state index in [-0.39, 0.29) is 5.91 Å². The molecular formula is C22H30N4O3. The number of fused-ring (bicyclic) bond motifs is 1. The lowest BCUT2D eigenvalue weighted by molar-refractivity contribution is 0.0685. The van der Waals surface area contributed by atoms with E-state index < -0.39 is 0 Å². The summed E-state index contributed by atoms with van der Waals surface area (Å²) in [5, 5.41) is 4.42. The molecule has 1 unspecified atom stereocenters. The molecule has 29 heavy (non-hydrogen) atoms. The number of ether oxygens (including phenoxy) is 2. The summed E-state index contributed by atoms with van der Waals surface area (Å²) in [6, 6.07) is 8.21. The Morgan fingerprint density at radius 3 is 2.76 bits per heavy atom. The van der Waals surface area contributed by atoms with Gasteiger partial charge in [-0.15, -0.1) is 0 Å². The molecule has 1 aromatic carbocycles. The summed E-state index contributed by atoms with van der Waals surface area (Å²) < 4.78 is 13.1. The van der Waals surface area contributed by atoms with E-state index >= 15 is 0 Å². The highest BCUT2D eigenvalue weighted by molar-refractivity contribution is 5.92. The van der Waals surface area contributed by atoms with Crippen LogP contribution < -0.4 is 9.47 Å². The number of likely N-dealkylation sites (N-methyl/N-ethyl adjacent to an activating group) is 1. The Morgan fingerprint density at radius 2 is 2.03 bits per heavy atom. The Bertz CT molecular complexity index is 859. The number of hydrogen-bond acceptors (Lipinski definition) is 5. The second-order valence-corrected chi connectivity index (χ2v) is 7.88. The van der Waals surface area contributed by atoms with Gasteiger partial charge < -0.3 is 14.4 Å². The van der Waals surface area contributed by atoms with E-state index in [4.69, 9.17) is 9.47 Å². The normalized spacial score (nSPS) is 18.8. The minimum atomic E-state index is -0.0217. The standard InChI is InChI=1S/C22H30N4O3/c1-4-25-9-5-6-18(25)15-26(22(27)19-12-16(2)24(3)23-19)14-17-7-8-20-21(13-17)29-11-10-28-20/h7-8,12-13,18H,4-6,9-11,14-15H2,1-3H3. The predicted octanol–water partition coefficient (Wildman–Crippen LogP) is 2.63. The van der Waals surface area contributed by atoms with Crippen molar-refractivity contribution in [2.75, 3.05) is 32.8 Å². The Kier molecular flexibility index (Phi) is 5.76. The summed E-state index contributed by atoms with van der Waals surface area (Å²) in [6.45, 7) is 8.63. The molecule has 0 spiro atoms. The van der Waals surface area contributed by atoms with E-state index in [2.05, 4.69) is 16.9 Å². The van der Waals surface area contributed by atoms with Crippen LogP contribution >= 0.6 is 0 Å². The third-order valence-electron chi connectivity index (χ3n) is 5.94. The molecule has 3 heterocycles. The number of benzene rings is 1. The highest BCUT2D eigenvalue weighted by Gasteiger charge is 2.29. The van der Waals surface area contributed by atoms with Gasteiger partial charge in [0.15, 0.2) is 17.2 Å². The van der Waals surface area contributed by atoms with Crippen molar-refractivity contribution in [3.05, 3.63) is 41.2 Å². The van der Waals surface area contributed by atoms with E-state index in [0.29, 0.717) is 38.0 Å². The van der Waals surface area contributed by atoms with Crippen LogP contribution in [0.15, 0.2) is 24.3 Å². The van der Waals surface area contributed by atoms with Crippen molar-refractivity contribution in [1.29, 1.82) is 0 Å². The molecule has 156 valence electrons. The monoisotopic (exact) mass is 398 g/mol. The van der Waals surface area contributed by atoms with E-state index in [1.54, 1.807) is 4.68 Å². The third-order valence-corrected chi connectivity index (χ3v) is 5.94. The Hall–Kier alpha value is -2.54. The number of likely N-dealkylation sites (tertiary alicyclic amines) is 1. The maximum Gasteiger partial charge on any atom is 0.274 e. The summed E-state index contributed by atoms with van der Waals surface area (Å²) in [5.74, 6) is 1.50. The molecule has 2 aliphatic rings. The number of aryl methyl sites for hydroxylation is 2. The predicted molar refractivity (Wildman–Crippen MR) is 110 cm³/mol. The highest BCUT2D eigenvalue weighted by atomic mass is 16.6. The Labute approximate surface area is 172 Å². The number of rotatable bonds is 6. The number of nitrogens with zero attached hydrogens (tertiary/aromatic N) is 4. The van der Waals surface area contributed by atoms with Gasteiger partial charge in [0.2, 0.25) is 0 Å². The largest absolute Gasteiger partial charge is 0.486 e. The molecule has 1 atom stereocenters. The van der Waals surface area contributed by atoms with E-state index in [9.17, 15) is 4.79 Å². The van der Waals surface area contributed by atoms with Crippen molar-refractivity contribution >= 4 is 5.91 Å². The van der Waals surface area contributed by atoms with Gasteiger partial charge in [0.25, 0.3) is 5.91 Å². The van der Waals surface area contributed by atoms with Crippen molar-refractivity contribution in [2.24, 2.45) is 7.05 Å². The zero-order valence-electron chi connectivity index (χ0n) is 17.6. The number of amides is 1. The summed E-state index contributed by atoms with van der Waals surface area (Å²) in [5.41, 5.74) is 2.52. The van der Waals surface area contributed by atoms with Gasteiger partial charge in [0, 0.05) is 31.9 Å². The minimum absolute atomic E-state index is 0.0217. The summed E-state index contributed by atoms with van der Waals surface area (Å²) in [4.78, 5) is 17.8. The number of aromatic nitrogens is 2. The topological polar surface area (TPSA) is 59.8 Å². The van der Waals surface area contributed by atoms with Crippen LogP contribution in [0.1, 0.15) is 41.5 Å². The van der Waals surface area contributed by atoms with Crippen molar-refractivity contribution in [2.45, 2.75) is 39.3 Å². The molecule has 4 rings (SSSR count). The van der Waals surface area contributed by atoms with Crippen molar-refractivity contribution in [1.82, 2.24) is 19.6 Å². The van der Waals surface area contributed by atoms with Gasteiger partial charge in [-0.1, -0.05) is 13.0 Å². The molecule has 2 aliphatic heterocycles. The summed E-state index contributed by atoms with van der Waals surface area (Å²) >= 11 is 0. The average Bonchev–Trinajstić information content (AvgIpc) is 3.32.